The lowest BCUT2D eigenvalue weighted by Crippen LogP contribution is -2.33. The van der Waals surface area contributed by atoms with Crippen LogP contribution in [0.25, 0.3) is 17.1 Å². The van der Waals surface area contributed by atoms with Crippen LogP contribution in [0, 0.1) is 5.92 Å². The Labute approximate surface area is 188 Å². The second-order valence-corrected chi connectivity index (χ2v) is 8.60. The molecule has 13 heteroatoms. The van der Waals surface area contributed by atoms with E-state index in [9.17, 15) is 20.1 Å². The molecule has 0 radical (unpaired) electrons. The average Bonchev–Trinajstić information content (AvgIpc) is 3.57. The number of imidazole rings is 1. The second kappa shape index (κ2) is 8.33. The zero-order chi connectivity index (χ0) is 23.3. The molecule has 5 atom stereocenters. The number of fused-ring (bicyclic) bond motifs is 1. The summed E-state index contributed by atoms with van der Waals surface area (Å²) in [5, 5.41) is 34.2. The minimum absolute atomic E-state index is 0.0831. The van der Waals surface area contributed by atoms with Crippen LogP contribution >= 0.6 is 0 Å². The van der Waals surface area contributed by atoms with Gasteiger partial charge in [0.05, 0.1) is 25.0 Å². The standard InChI is InChI=1S/C20H26N8O5/c21-16-13-18(27(8-23-13)19-15(31)14(30)11(7-29)33-19)26-20(25-16)28-6-10(5-24-28)12(17(22)32)9-3-1-2-4-9/h5-6,8-9,11-12,14-15,19,29-31H,1-4,7H2,(H2,22,32)(H2,21,25,26)/t11-,12?,14-,15+,19-/m1/s1. The van der Waals surface area contributed by atoms with Crippen molar-refractivity contribution in [1.82, 2.24) is 29.3 Å². The summed E-state index contributed by atoms with van der Waals surface area (Å²) < 4.78 is 8.42. The quantitative estimate of drug-likeness (QED) is 0.304. The van der Waals surface area contributed by atoms with Crippen molar-refractivity contribution in [2.24, 2.45) is 11.7 Å². The van der Waals surface area contributed by atoms with Crippen molar-refractivity contribution >= 4 is 22.9 Å². The molecule has 5 rings (SSSR count). The van der Waals surface area contributed by atoms with Crippen LogP contribution in [0.5, 0.6) is 0 Å². The molecule has 1 aliphatic carbocycles. The minimum atomic E-state index is -1.31. The first-order chi connectivity index (χ1) is 15.9. The molecule has 176 valence electrons. The first-order valence-corrected chi connectivity index (χ1v) is 10.9. The maximum atomic E-state index is 12.2. The van der Waals surface area contributed by atoms with Crippen LogP contribution in [0.1, 0.15) is 43.4 Å². The van der Waals surface area contributed by atoms with Gasteiger partial charge in [0.2, 0.25) is 5.91 Å². The van der Waals surface area contributed by atoms with Gasteiger partial charge >= 0.3 is 0 Å². The third-order valence-electron chi connectivity index (χ3n) is 6.57. The van der Waals surface area contributed by atoms with Gasteiger partial charge in [-0.25, -0.2) is 9.67 Å². The Hall–Kier alpha value is -3.13. The van der Waals surface area contributed by atoms with E-state index >= 15 is 0 Å². The Morgan fingerprint density at radius 1 is 1.24 bits per heavy atom. The molecule has 13 nitrogen and oxygen atoms in total. The molecule has 2 aliphatic rings. The fraction of sp³-hybridized carbons (Fsp3) is 0.550. The van der Waals surface area contributed by atoms with Crippen LogP contribution in [0.15, 0.2) is 18.7 Å². The number of ether oxygens (including phenoxy) is 1. The molecule has 3 aromatic rings. The molecule has 0 spiro atoms. The number of carbonyl (C=O) groups excluding carboxylic acids is 1. The third kappa shape index (κ3) is 3.62. The van der Waals surface area contributed by atoms with E-state index in [2.05, 4.69) is 20.1 Å². The van der Waals surface area contributed by atoms with Crippen molar-refractivity contribution < 1.29 is 24.9 Å². The Balaban J connectivity index is 1.51. The zero-order valence-electron chi connectivity index (χ0n) is 17.7. The van der Waals surface area contributed by atoms with Crippen molar-refractivity contribution in [3.63, 3.8) is 0 Å². The minimum Gasteiger partial charge on any atom is -0.394 e. The predicted octanol–water partition coefficient (Wildman–Crippen LogP) is -1.04. The number of aliphatic hydroxyl groups excluding tert-OH is 3. The largest absolute Gasteiger partial charge is 0.394 e. The topological polar surface area (TPSA) is 200 Å². The highest BCUT2D eigenvalue weighted by Crippen LogP contribution is 2.37. The smallest absolute Gasteiger partial charge is 0.254 e. The summed E-state index contributed by atoms with van der Waals surface area (Å²) in [6.45, 7) is -0.457. The maximum Gasteiger partial charge on any atom is 0.254 e. The van der Waals surface area contributed by atoms with Crippen LogP contribution in [0.4, 0.5) is 5.82 Å². The number of nitrogens with two attached hydrogens (primary N) is 2. The Morgan fingerprint density at radius 3 is 2.67 bits per heavy atom. The number of rotatable bonds is 6. The summed E-state index contributed by atoms with van der Waals surface area (Å²) >= 11 is 0. The van der Waals surface area contributed by atoms with E-state index in [1.165, 1.54) is 15.6 Å². The lowest BCUT2D eigenvalue weighted by molar-refractivity contribution is -0.120. The Bertz CT molecular complexity index is 1170. The van der Waals surface area contributed by atoms with Gasteiger partial charge in [-0.05, 0) is 18.8 Å². The number of anilines is 1. The fourth-order valence-electron chi connectivity index (χ4n) is 4.89. The first kappa shape index (κ1) is 21.7. The molecular formula is C20H26N8O5. The Kier molecular flexibility index (Phi) is 5.48. The van der Waals surface area contributed by atoms with E-state index in [-0.39, 0.29) is 34.8 Å². The van der Waals surface area contributed by atoms with Gasteiger partial charge in [-0.1, -0.05) is 12.8 Å². The van der Waals surface area contributed by atoms with Crippen LogP contribution < -0.4 is 11.5 Å². The number of amides is 1. The molecule has 2 fully saturated rings. The van der Waals surface area contributed by atoms with E-state index < -0.39 is 37.1 Å². The van der Waals surface area contributed by atoms with E-state index in [1.807, 2.05) is 0 Å². The molecule has 0 bridgehead atoms. The highest BCUT2D eigenvalue weighted by Gasteiger charge is 2.44. The molecule has 1 amide bonds. The number of aromatic nitrogens is 6. The summed E-state index contributed by atoms with van der Waals surface area (Å²) in [5.74, 6) is -0.428. The molecule has 4 heterocycles. The monoisotopic (exact) mass is 458 g/mol. The normalized spacial score (nSPS) is 26.9. The number of hydrogen-bond donors (Lipinski definition) is 5. The summed E-state index contributed by atoms with van der Waals surface area (Å²) in [7, 11) is 0. The molecule has 1 unspecified atom stereocenters. The van der Waals surface area contributed by atoms with Gasteiger partial charge in [-0.2, -0.15) is 15.1 Å². The van der Waals surface area contributed by atoms with Crippen molar-refractivity contribution in [1.29, 1.82) is 0 Å². The SMILES string of the molecule is NC(=O)C(c1cnn(-c2nc(N)c3ncn([C@@H]4O[C@H](CO)[C@@H](O)[C@@H]4O)c3n2)c1)C1CCCC1. The van der Waals surface area contributed by atoms with E-state index in [4.69, 9.17) is 16.2 Å². The van der Waals surface area contributed by atoms with Gasteiger partial charge in [0.1, 0.15) is 23.8 Å². The molecule has 1 aliphatic heterocycles. The van der Waals surface area contributed by atoms with Gasteiger partial charge in [0, 0.05) is 11.8 Å². The van der Waals surface area contributed by atoms with Crippen LogP contribution in [0.2, 0.25) is 0 Å². The van der Waals surface area contributed by atoms with Crippen molar-refractivity contribution in [3.8, 4) is 5.95 Å². The van der Waals surface area contributed by atoms with Crippen LogP contribution in [-0.2, 0) is 9.53 Å². The highest BCUT2D eigenvalue weighted by atomic mass is 16.6. The summed E-state index contributed by atoms with van der Waals surface area (Å²) in [5.41, 5.74) is 13.0. The highest BCUT2D eigenvalue weighted by molar-refractivity contribution is 5.83. The number of carbonyl (C=O) groups is 1. The molecule has 0 aromatic carbocycles. The van der Waals surface area contributed by atoms with Crippen LogP contribution in [-0.4, -0.2) is 75.4 Å². The molecular weight excluding hydrogens is 432 g/mol. The molecule has 1 saturated carbocycles. The number of nitrogens with zero attached hydrogens (tertiary/aromatic N) is 6. The molecule has 7 N–H and O–H groups in total. The van der Waals surface area contributed by atoms with E-state index in [1.54, 1.807) is 12.4 Å². The number of aliphatic hydroxyl groups is 3. The van der Waals surface area contributed by atoms with E-state index in [0.29, 0.717) is 5.56 Å². The summed E-state index contributed by atoms with van der Waals surface area (Å²) in [4.78, 5) is 25.1. The van der Waals surface area contributed by atoms with Gasteiger partial charge < -0.3 is 31.5 Å². The van der Waals surface area contributed by atoms with Gasteiger partial charge in [-0.3, -0.25) is 9.36 Å². The van der Waals surface area contributed by atoms with Crippen molar-refractivity contribution in [2.75, 3.05) is 12.3 Å². The Morgan fingerprint density at radius 2 is 2.00 bits per heavy atom. The number of nitrogen functional groups attached to an aromatic ring is 1. The van der Waals surface area contributed by atoms with Gasteiger partial charge in [0.25, 0.3) is 5.95 Å². The van der Waals surface area contributed by atoms with E-state index in [0.717, 1.165) is 25.7 Å². The van der Waals surface area contributed by atoms with Gasteiger partial charge in [0.15, 0.2) is 17.7 Å². The van der Waals surface area contributed by atoms with Crippen molar-refractivity contribution in [3.05, 3.63) is 24.3 Å². The number of hydrogen-bond acceptors (Lipinski definition) is 10. The third-order valence-corrected chi connectivity index (χ3v) is 6.57. The lowest BCUT2D eigenvalue weighted by Gasteiger charge is -2.18. The molecule has 1 saturated heterocycles. The maximum absolute atomic E-state index is 12.2. The fourth-order valence-corrected chi connectivity index (χ4v) is 4.89. The van der Waals surface area contributed by atoms with Gasteiger partial charge in [-0.15, -0.1) is 0 Å². The lowest BCUT2D eigenvalue weighted by atomic mass is 9.86. The molecule has 3 aromatic heterocycles. The predicted molar refractivity (Wildman–Crippen MR) is 114 cm³/mol. The molecule has 33 heavy (non-hydrogen) atoms. The average molecular weight is 458 g/mol. The zero-order valence-corrected chi connectivity index (χ0v) is 17.7. The summed E-state index contributed by atoms with van der Waals surface area (Å²) in [6.07, 6.45) is 4.10. The van der Waals surface area contributed by atoms with Crippen molar-refractivity contribution in [2.45, 2.75) is 56.1 Å². The number of primary amides is 1. The summed E-state index contributed by atoms with van der Waals surface area (Å²) in [6, 6.07) is 0. The second-order valence-electron chi connectivity index (χ2n) is 8.60. The first-order valence-electron chi connectivity index (χ1n) is 10.9. The van der Waals surface area contributed by atoms with Crippen LogP contribution in [0.3, 0.4) is 0 Å².